The lowest BCUT2D eigenvalue weighted by molar-refractivity contribution is 0.384. The molecule has 2 aliphatic rings. The van der Waals surface area contributed by atoms with E-state index in [-0.39, 0.29) is 5.41 Å². The van der Waals surface area contributed by atoms with E-state index in [1.807, 2.05) is 0 Å². The Hall–Kier alpha value is -2.08. The van der Waals surface area contributed by atoms with Crippen molar-refractivity contribution in [2.45, 2.75) is 33.1 Å². The zero-order valence-corrected chi connectivity index (χ0v) is 13.6. The molecule has 0 aliphatic heterocycles. The third-order valence-electron chi connectivity index (χ3n) is 5.45. The first-order valence-electron chi connectivity index (χ1n) is 8.15. The maximum atomic E-state index is 2.41. The van der Waals surface area contributed by atoms with E-state index in [0.29, 0.717) is 5.92 Å². The van der Waals surface area contributed by atoms with Gasteiger partial charge in [0.1, 0.15) is 0 Å². The summed E-state index contributed by atoms with van der Waals surface area (Å²) in [5.41, 5.74) is 6.11. The highest BCUT2D eigenvalue weighted by Gasteiger charge is 2.39. The summed E-state index contributed by atoms with van der Waals surface area (Å²) < 4.78 is 0. The number of hydrogen-bond donors (Lipinski definition) is 0. The molecule has 0 aromatic heterocycles. The van der Waals surface area contributed by atoms with Crippen LogP contribution < -0.4 is 0 Å². The molecular weight excluding hydrogens is 264 g/mol. The van der Waals surface area contributed by atoms with Gasteiger partial charge in [0, 0.05) is 5.92 Å². The molecule has 0 spiro atoms. The van der Waals surface area contributed by atoms with Crippen LogP contribution in [0.15, 0.2) is 65.8 Å². The lowest BCUT2D eigenvalue weighted by Gasteiger charge is -2.36. The van der Waals surface area contributed by atoms with E-state index in [2.05, 4.69) is 81.5 Å². The van der Waals surface area contributed by atoms with Crippen molar-refractivity contribution in [1.29, 1.82) is 0 Å². The van der Waals surface area contributed by atoms with Gasteiger partial charge < -0.3 is 0 Å². The average Bonchev–Trinajstić information content (AvgIpc) is 3.14. The van der Waals surface area contributed by atoms with Crippen LogP contribution in [0.1, 0.15) is 44.2 Å². The van der Waals surface area contributed by atoms with E-state index in [9.17, 15) is 0 Å². The van der Waals surface area contributed by atoms with Crippen molar-refractivity contribution in [2.75, 3.05) is 0 Å². The quantitative estimate of drug-likeness (QED) is 0.612. The first kappa shape index (κ1) is 13.6. The van der Waals surface area contributed by atoms with Gasteiger partial charge in [-0.1, -0.05) is 85.7 Å². The number of benzene rings is 2. The smallest absolute Gasteiger partial charge is 0.0149 e. The molecule has 0 N–H and O–H groups in total. The van der Waals surface area contributed by atoms with E-state index < -0.39 is 0 Å². The SMILES string of the molecule is CC1=Cc2ccc3ccccc3c2C1C(C)(C)C1=CC=CC1. The van der Waals surface area contributed by atoms with Gasteiger partial charge in [-0.2, -0.15) is 0 Å². The van der Waals surface area contributed by atoms with Crippen LogP contribution in [0, 0.1) is 5.41 Å². The number of allylic oxidation sites excluding steroid dienone is 5. The van der Waals surface area contributed by atoms with E-state index in [1.54, 1.807) is 5.57 Å². The van der Waals surface area contributed by atoms with Crippen molar-refractivity contribution in [3.63, 3.8) is 0 Å². The second kappa shape index (κ2) is 4.71. The molecule has 2 aromatic rings. The monoisotopic (exact) mass is 286 g/mol. The van der Waals surface area contributed by atoms with E-state index in [0.717, 1.165) is 6.42 Å². The summed E-state index contributed by atoms with van der Waals surface area (Å²) >= 11 is 0. The number of rotatable bonds is 2. The molecule has 0 radical (unpaired) electrons. The summed E-state index contributed by atoms with van der Waals surface area (Å²) in [5, 5.41) is 2.77. The van der Waals surface area contributed by atoms with Gasteiger partial charge in [0.2, 0.25) is 0 Å². The fraction of sp³-hybridized carbons (Fsp3) is 0.273. The molecule has 0 saturated heterocycles. The van der Waals surface area contributed by atoms with Crippen LogP contribution in [0.5, 0.6) is 0 Å². The highest BCUT2D eigenvalue weighted by Crippen LogP contribution is 2.53. The topological polar surface area (TPSA) is 0 Å². The van der Waals surface area contributed by atoms with E-state index in [4.69, 9.17) is 0 Å². The molecule has 1 atom stereocenters. The Morgan fingerprint density at radius 3 is 2.64 bits per heavy atom. The van der Waals surface area contributed by atoms with Crippen LogP contribution in [0.4, 0.5) is 0 Å². The molecular formula is C22H22. The van der Waals surface area contributed by atoms with Crippen molar-refractivity contribution in [3.8, 4) is 0 Å². The predicted molar refractivity (Wildman–Crippen MR) is 96.0 cm³/mol. The van der Waals surface area contributed by atoms with Crippen LogP contribution in [0.25, 0.3) is 16.8 Å². The molecule has 0 heterocycles. The lowest BCUT2D eigenvalue weighted by Crippen LogP contribution is -2.24. The molecule has 110 valence electrons. The first-order valence-corrected chi connectivity index (χ1v) is 8.15. The first-order chi connectivity index (χ1) is 10.6. The molecule has 0 nitrogen and oxygen atoms in total. The Kier molecular flexibility index (Phi) is 2.91. The predicted octanol–water partition coefficient (Wildman–Crippen LogP) is 6.25. The zero-order chi connectivity index (χ0) is 15.3. The largest absolute Gasteiger partial charge is 0.0804 e. The normalized spacial score (nSPS) is 20.2. The molecule has 1 unspecified atom stereocenters. The van der Waals surface area contributed by atoms with E-state index in [1.165, 1.54) is 27.5 Å². The van der Waals surface area contributed by atoms with Crippen LogP contribution in [-0.2, 0) is 0 Å². The minimum absolute atomic E-state index is 0.152. The van der Waals surface area contributed by atoms with Crippen LogP contribution in [-0.4, -0.2) is 0 Å². The van der Waals surface area contributed by atoms with Crippen LogP contribution in [0.3, 0.4) is 0 Å². The van der Waals surface area contributed by atoms with Crippen molar-refractivity contribution < 1.29 is 0 Å². The minimum atomic E-state index is 0.152. The van der Waals surface area contributed by atoms with Gasteiger partial charge in [-0.3, -0.25) is 0 Å². The highest BCUT2D eigenvalue weighted by atomic mass is 14.4. The van der Waals surface area contributed by atoms with Crippen LogP contribution >= 0.6 is 0 Å². The molecule has 0 amide bonds. The summed E-state index contributed by atoms with van der Waals surface area (Å²) in [4.78, 5) is 0. The maximum absolute atomic E-state index is 2.41. The maximum Gasteiger partial charge on any atom is 0.0149 e. The fourth-order valence-electron chi connectivity index (χ4n) is 4.36. The minimum Gasteiger partial charge on any atom is -0.0804 e. The number of hydrogen-bond acceptors (Lipinski definition) is 0. The van der Waals surface area contributed by atoms with Crippen molar-refractivity contribution in [2.24, 2.45) is 5.41 Å². The molecule has 0 heteroatoms. The molecule has 0 saturated carbocycles. The Labute approximate surface area is 132 Å². The summed E-state index contributed by atoms with van der Waals surface area (Å²) in [6.45, 7) is 7.11. The third kappa shape index (κ3) is 1.83. The summed E-state index contributed by atoms with van der Waals surface area (Å²) in [6, 6.07) is 13.3. The van der Waals surface area contributed by atoms with Gasteiger partial charge in [0.15, 0.2) is 0 Å². The molecule has 0 bridgehead atoms. The molecule has 0 fully saturated rings. The summed E-state index contributed by atoms with van der Waals surface area (Å²) in [5.74, 6) is 0.472. The average molecular weight is 286 g/mol. The molecule has 2 aromatic carbocycles. The standard InChI is InChI=1S/C22H22/c1-15-14-17-13-12-16-8-4-7-11-19(16)20(17)21(15)22(2,3)18-9-5-6-10-18/h4-9,11-14,21H,10H2,1-3H3. The zero-order valence-electron chi connectivity index (χ0n) is 13.6. The van der Waals surface area contributed by atoms with Gasteiger partial charge in [-0.25, -0.2) is 0 Å². The Balaban J connectivity index is 1.93. The van der Waals surface area contributed by atoms with Gasteiger partial charge in [0.25, 0.3) is 0 Å². The van der Waals surface area contributed by atoms with Crippen molar-refractivity contribution in [1.82, 2.24) is 0 Å². The Bertz CT molecular complexity index is 843. The van der Waals surface area contributed by atoms with Gasteiger partial charge in [0.05, 0.1) is 0 Å². The van der Waals surface area contributed by atoms with Crippen molar-refractivity contribution >= 4 is 16.8 Å². The Morgan fingerprint density at radius 1 is 1.05 bits per heavy atom. The lowest BCUT2D eigenvalue weighted by atomic mass is 9.67. The van der Waals surface area contributed by atoms with Gasteiger partial charge in [-0.05, 0) is 40.7 Å². The molecule has 4 rings (SSSR count). The molecule has 2 aliphatic carbocycles. The summed E-state index contributed by atoms with van der Waals surface area (Å²) in [7, 11) is 0. The summed E-state index contributed by atoms with van der Waals surface area (Å²) in [6.07, 6.45) is 10.3. The fourth-order valence-corrected chi connectivity index (χ4v) is 4.36. The van der Waals surface area contributed by atoms with E-state index >= 15 is 0 Å². The van der Waals surface area contributed by atoms with Crippen molar-refractivity contribution in [3.05, 3.63) is 76.9 Å². The highest BCUT2D eigenvalue weighted by molar-refractivity contribution is 5.92. The second-order valence-electron chi connectivity index (χ2n) is 7.16. The van der Waals surface area contributed by atoms with Gasteiger partial charge >= 0.3 is 0 Å². The third-order valence-corrected chi connectivity index (χ3v) is 5.45. The second-order valence-corrected chi connectivity index (χ2v) is 7.16. The van der Waals surface area contributed by atoms with Gasteiger partial charge in [-0.15, -0.1) is 0 Å². The molecule has 22 heavy (non-hydrogen) atoms. The van der Waals surface area contributed by atoms with Crippen LogP contribution in [0.2, 0.25) is 0 Å². The number of fused-ring (bicyclic) bond motifs is 3. The Morgan fingerprint density at radius 2 is 1.86 bits per heavy atom.